The largest absolute Gasteiger partial charge is 0.319 e. The van der Waals surface area contributed by atoms with E-state index in [4.69, 9.17) is 0 Å². The Bertz CT molecular complexity index is 110. The number of hydrogen-bond donors (Lipinski definition) is 4. The molecule has 0 saturated carbocycles. The molecule has 0 saturated heterocycles. The fraction of sp³-hybridized carbons (Fsp3) is 0.750. The minimum Gasteiger partial charge on any atom is -0.319 e. The van der Waals surface area contributed by atoms with Crippen molar-refractivity contribution in [3.63, 3.8) is 0 Å². The van der Waals surface area contributed by atoms with Crippen molar-refractivity contribution < 1.29 is 0 Å². The Morgan fingerprint density at radius 3 is 3.11 bits per heavy atom. The molecule has 0 aromatic heterocycles. The maximum Gasteiger partial charge on any atom is 0.140 e. The van der Waals surface area contributed by atoms with Crippen LogP contribution >= 0.6 is 0 Å². The minimum atomic E-state index is 0.913. The van der Waals surface area contributed by atoms with E-state index in [1.54, 1.807) is 0 Å². The molecule has 0 aromatic rings. The summed E-state index contributed by atoms with van der Waals surface area (Å²) < 4.78 is 0. The van der Waals surface area contributed by atoms with Crippen molar-refractivity contribution in [1.29, 1.82) is 0 Å². The maximum atomic E-state index is 3.88. The Morgan fingerprint density at radius 1 is 1.67 bits per heavy atom. The Hall–Kier alpha value is -0.810. The molecule has 4 N–H and O–H groups in total. The molecule has 0 atom stereocenters. The highest BCUT2D eigenvalue weighted by atomic mass is 15.8. The van der Waals surface area contributed by atoms with E-state index >= 15 is 0 Å². The fourth-order valence-electron chi connectivity index (χ4n) is 0.585. The van der Waals surface area contributed by atoms with Crippen molar-refractivity contribution in [1.82, 2.24) is 21.8 Å². The van der Waals surface area contributed by atoms with Gasteiger partial charge in [0.15, 0.2) is 0 Å². The monoisotopic (exact) mass is 129 g/mol. The number of hydrazine groups is 2. The average molecular weight is 129 g/mol. The van der Waals surface area contributed by atoms with E-state index in [0.29, 0.717) is 0 Å². The summed E-state index contributed by atoms with van der Waals surface area (Å²) in [7, 11) is 1.91. The lowest BCUT2D eigenvalue weighted by Gasteiger charge is -1.97. The van der Waals surface area contributed by atoms with Crippen LogP contribution in [0, 0.1) is 0 Å². The van der Waals surface area contributed by atoms with Gasteiger partial charge in [-0.2, -0.15) is 0 Å². The van der Waals surface area contributed by atoms with E-state index in [0.717, 1.165) is 18.8 Å². The summed E-state index contributed by atoms with van der Waals surface area (Å²) in [6.45, 7) is 0.940. The topological polar surface area (TPSA) is 60.5 Å². The molecule has 52 valence electrons. The van der Waals surface area contributed by atoms with E-state index < -0.39 is 0 Å². The van der Waals surface area contributed by atoms with Gasteiger partial charge in [0, 0.05) is 13.0 Å². The van der Waals surface area contributed by atoms with Crippen LogP contribution in [0.5, 0.6) is 0 Å². The van der Waals surface area contributed by atoms with Crippen LogP contribution in [-0.4, -0.2) is 19.4 Å². The zero-order chi connectivity index (χ0) is 6.53. The predicted molar refractivity (Wildman–Crippen MR) is 35.4 cm³/mol. The molecule has 1 aliphatic rings. The fourth-order valence-corrected chi connectivity index (χ4v) is 0.585. The van der Waals surface area contributed by atoms with E-state index in [9.17, 15) is 0 Å². The number of hydrogen-bond acceptors (Lipinski definition) is 5. The molecular weight excluding hydrogens is 118 g/mol. The average Bonchev–Trinajstić information content (AvgIpc) is 2.34. The molecule has 9 heavy (non-hydrogen) atoms. The van der Waals surface area contributed by atoms with Gasteiger partial charge in [-0.15, -0.1) is 10.6 Å². The SMILES string of the molecule is CNCCC1=NNNN1. The van der Waals surface area contributed by atoms with Gasteiger partial charge < -0.3 is 5.32 Å². The second kappa shape index (κ2) is 3.26. The van der Waals surface area contributed by atoms with Crippen LogP contribution in [0.4, 0.5) is 0 Å². The van der Waals surface area contributed by atoms with Crippen molar-refractivity contribution in [3.05, 3.63) is 0 Å². The van der Waals surface area contributed by atoms with Gasteiger partial charge in [0.25, 0.3) is 0 Å². The number of hydrazone groups is 1. The highest BCUT2D eigenvalue weighted by molar-refractivity contribution is 5.82. The van der Waals surface area contributed by atoms with Crippen molar-refractivity contribution in [2.75, 3.05) is 13.6 Å². The van der Waals surface area contributed by atoms with Crippen LogP contribution in [0.15, 0.2) is 5.10 Å². The highest BCUT2D eigenvalue weighted by Gasteiger charge is 2.00. The van der Waals surface area contributed by atoms with Crippen molar-refractivity contribution in [3.8, 4) is 0 Å². The molecule has 0 aliphatic carbocycles. The summed E-state index contributed by atoms with van der Waals surface area (Å²) in [5, 5.41) is 6.90. The van der Waals surface area contributed by atoms with Crippen LogP contribution in [0.1, 0.15) is 6.42 Å². The number of nitrogens with one attached hydrogen (secondary N) is 4. The third-order valence-corrected chi connectivity index (χ3v) is 1.07. The van der Waals surface area contributed by atoms with Gasteiger partial charge in [0.2, 0.25) is 0 Å². The molecule has 5 heteroatoms. The smallest absolute Gasteiger partial charge is 0.140 e. The first-order valence-corrected chi connectivity index (χ1v) is 2.90. The lowest BCUT2D eigenvalue weighted by atomic mass is 10.4. The summed E-state index contributed by atoms with van der Waals surface area (Å²) >= 11 is 0. The summed E-state index contributed by atoms with van der Waals surface area (Å²) in [5.41, 5.74) is 8.07. The van der Waals surface area contributed by atoms with Gasteiger partial charge in [0.1, 0.15) is 5.84 Å². The zero-order valence-corrected chi connectivity index (χ0v) is 5.36. The lowest BCUT2D eigenvalue weighted by Crippen LogP contribution is -2.35. The van der Waals surface area contributed by atoms with Crippen LogP contribution in [0.3, 0.4) is 0 Å². The summed E-state index contributed by atoms with van der Waals surface area (Å²) in [4.78, 5) is 0. The Morgan fingerprint density at radius 2 is 2.56 bits per heavy atom. The predicted octanol–water partition coefficient (Wildman–Crippen LogP) is -1.48. The first kappa shape index (κ1) is 6.31. The Kier molecular flexibility index (Phi) is 2.29. The normalized spacial score (nSPS) is 16.3. The first-order valence-electron chi connectivity index (χ1n) is 2.90. The third-order valence-electron chi connectivity index (χ3n) is 1.07. The van der Waals surface area contributed by atoms with E-state index in [1.807, 2.05) is 7.05 Å². The molecule has 1 aliphatic heterocycles. The molecular formula is C4H11N5. The number of amidine groups is 1. The van der Waals surface area contributed by atoms with Crippen LogP contribution in [0.25, 0.3) is 0 Å². The van der Waals surface area contributed by atoms with Gasteiger partial charge in [-0.3, -0.25) is 5.43 Å². The summed E-state index contributed by atoms with van der Waals surface area (Å²) in [5.74, 6) is 0.935. The van der Waals surface area contributed by atoms with Crippen LogP contribution in [0.2, 0.25) is 0 Å². The number of rotatable bonds is 3. The zero-order valence-electron chi connectivity index (χ0n) is 5.36. The minimum absolute atomic E-state index is 0.913. The maximum absolute atomic E-state index is 3.88. The molecule has 1 rings (SSSR count). The van der Waals surface area contributed by atoms with Gasteiger partial charge in [-0.1, -0.05) is 0 Å². The molecule has 0 bridgehead atoms. The standard InChI is InChI=1S/C4H11N5/c1-5-3-2-4-6-8-9-7-4/h5,8-9H,2-3H2,1H3,(H,6,7). The number of nitrogens with zero attached hydrogens (tertiary/aromatic N) is 1. The van der Waals surface area contributed by atoms with E-state index in [2.05, 4.69) is 26.9 Å². The molecule has 5 nitrogen and oxygen atoms in total. The summed E-state index contributed by atoms with van der Waals surface area (Å²) in [6.07, 6.45) is 0.913. The second-order valence-electron chi connectivity index (χ2n) is 1.77. The van der Waals surface area contributed by atoms with Gasteiger partial charge in [-0.05, 0) is 7.05 Å². The van der Waals surface area contributed by atoms with E-state index in [1.165, 1.54) is 0 Å². The summed E-state index contributed by atoms with van der Waals surface area (Å²) in [6, 6.07) is 0. The van der Waals surface area contributed by atoms with Gasteiger partial charge in [0.05, 0.1) is 0 Å². The van der Waals surface area contributed by atoms with Crippen LogP contribution < -0.4 is 21.8 Å². The van der Waals surface area contributed by atoms with E-state index in [-0.39, 0.29) is 0 Å². The molecule has 0 unspecified atom stereocenters. The highest BCUT2D eigenvalue weighted by Crippen LogP contribution is 1.80. The van der Waals surface area contributed by atoms with Crippen molar-refractivity contribution in [2.45, 2.75) is 6.42 Å². The third kappa shape index (κ3) is 1.87. The van der Waals surface area contributed by atoms with Crippen LogP contribution in [-0.2, 0) is 0 Å². The lowest BCUT2D eigenvalue weighted by molar-refractivity contribution is 0.575. The van der Waals surface area contributed by atoms with Gasteiger partial charge >= 0.3 is 0 Å². The Labute approximate surface area is 53.8 Å². The molecule has 0 aromatic carbocycles. The van der Waals surface area contributed by atoms with Crippen molar-refractivity contribution >= 4 is 5.84 Å². The molecule has 0 radical (unpaired) electrons. The van der Waals surface area contributed by atoms with Crippen molar-refractivity contribution in [2.24, 2.45) is 5.10 Å². The molecule has 0 amide bonds. The second-order valence-corrected chi connectivity index (χ2v) is 1.77. The Balaban J connectivity index is 2.11. The quantitative estimate of drug-likeness (QED) is 0.375. The molecule has 0 fully saturated rings. The molecule has 1 heterocycles. The van der Waals surface area contributed by atoms with Gasteiger partial charge in [-0.25, -0.2) is 5.53 Å². The first-order chi connectivity index (χ1) is 4.43. The molecule has 0 spiro atoms.